The van der Waals surface area contributed by atoms with E-state index in [-0.39, 0.29) is 12.0 Å². The summed E-state index contributed by atoms with van der Waals surface area (Å²) in [5.74, 6) is 0.354. The Kier molecular flexibility index (Phi) is 5.90. The van der Waals surface area contributed by atoms with Gasteiger partial charge in [-0.25, -0.2) is 0 Å². The molecular formula is C20H30N2O2. The molecule has 0 aromatic heterocycles. The van der Waals surface area contributed by atoms with E-state index in [0.717, 1.165) is 71.2 Å². The molecular weight excluding hydrogens is 300 g/mol. The van der Waals surface area contributed by atoms with E-state index < -0.39 is 0 Å². The first-order chi connectivity index (χ1) is 11.7. The van der Waals surface area contributed by atoms with Gasteiger partial charge in [-0.1, -0.05) is 30.3 Å². The molecule has 3 rings (SSSR count). The third kappa shape index (κ3) is 4.37. The number of likely N-dealkylation sites (tertiary alicyclic amines) is 2. The van der Waals surface area contributed by atoms with Crippen molar-refractivity contribution in [3.8, 4) is 0 Å². The summed E-state index contributed by atoms with van der Waals surface area (Å²) in [7, 11) is 0. The molecule has 2 heterocycles. The fourth-order valence-corrected chi connectivity index (χ4v) is 4.18. The topological polar surface area (TPSA) is 43.8 Å². The molecule has 4 heteroatoms. The molecule has 1 spiro atoms. The number of aliphatic hydroxyl groups is 1. The van der Waals surface area contributed by atoms with Crippen molar-refractivity contribution in [1.29, 1.82) is 0 Å². The maximum absolute atomic E-state index is 12.4. The third-order valence-electron chi connectivity index (χ3n) is 5.69. The molecule has 0 aliphatic carbocycles. The van der Waals surface area contributed by atoms with Gasteiger partial charge in [-0.3, -0.25) is 4.79 Å². The number of nitrogens with zero attached hydrogens (tertiary/aromatic N) is 2. The van der Waals surface area contributed by atoms with Crippen molar-refractivity contribution in [2.75, 3.05) is 39.3 Å². The van der Waals surface area contributed by atoms with Crippen molar-refractivity contribution in [2.24, 2.45) is 5.41 Å². The molecule has 2 fully saturated rings. The summed E-state index contributed by atoms with van der Waals surface area (Å²) < 4.78 is 0. The number of hydrogen-bond acceptors (Lipinski definition) is 3. The molecule has 1 N–H and O–H groups in total. The lowest BCUT2D eigenvalue weighted by atomic mass is 9.77. The van der Waals surface area contributed by atoms with Gasteiger partial charge in [0, 0.05) is 32.7 Å². The number of rotatable bonds is 7. The zero-order valence-electron chi connectivity index (χ0n) is 14.6. The van der Waals surface area contributed by atoms with Crippen LogP contribution >= 0.6 is 0 Å². The Morgan fingerprint density at radius 2 is 1.79 bits per heavy atom. The summed E-state index contributed by atoms with van der Waals surface area (Å²) in [5.41, 5.74) is 1.58. The molecule has 24 heavy (non-hydrogen) atoms. The van der Waals surface area contributed by atoms with Crippen LogP contribution in [0.1, 0.15) is 37.7 Å². The monoisotopic (exact) mass is 330 g/mol. The summed E-state index contributed by atoms with van der Waals surface area (Å²) in [6, 6.07) is 10.5. The number of benzene rings is 1. The maximum Gasteiger partial charge on any atom is 0.223 e. The van der Waals surface area contributed by atoms with Gasteiger partial charge < -0.3 is 14.9 Å². The zero-order chi connectivity index (χ0) is 16.8. The summed E-state index contributed by atoms with van der Waals surface area (Å²) in [4.78, 5) is 17.0. The molecule has 2 aliphatic rings. The lowest BCUT2D eigenvalue weighted by Crippen LogP contribution is -2.42. The quantitative estimate of drug-likeness (QED) is 0.834. The number of carbonyl (C=O) groups is 1. The average molecular weight is 330 g/mol. The number of aryl methyl sites for hydroxylation is 1. The van der Waals surface area contributed by atoms with Crippen molar-refractivity contribution >= 4 is 5.91 Å². The second-order valence-corrected chi connectivity index (χ2v) is 7.50. The lowest BCUT2D eigenvalue weighted by Gasteiger charge is -2.38. The summed E-state index contributed by atoms with van der Waals surface area (Å²) in [6.45, 7) is 5.26. The Balaban J connectivity index is 1.44. The predicted octanol–water partition coefficient (Wildman–Crippen LogP) is 2.32. The van der Waals surface area contributed by atoms with Gasteiger partial charge in [0.05, 0.1) is 0 Å². The first-order valence-corrected chi connectivity index (χ1v) is 9.36. The van der Waals surface area contributed by atoms with Crippen LogP contribution in [0.4, 0.5) is 0 Å². The minimum absolute atomic E-state index is 0.222. The Hall–Kier alpha value is -1.39. The molecule has 132 valence electrons. The highest BCUT2D eigenvalue weighted by Crippen LogP contribution is 2.41. The standard InChI is InChI=1S/C20H30N2O2/c23-15-5-11-21-13-9-20(10-14-21)16-19(24)22(17-20)12-4-8-18-6-2-1-3-7-18/h1-3,6-7,23H,4-5,8-17H2. The second-order valence-electron chi connectivity index (χ2n) is 7.50. The molecule has 1 aromatic rings. The Morgan fingerprint density at radius 1 is 1.04 bits per heavy atom. The largest absolute Gasteiger partial charge is 0.396 e. The SMILES string of the molecule is O=C1CC2(CCN(CCCO)CC2)CN1CCCc1ccccc1. The van der Waals surface area contributed by atoms with Gasteiger partial charge in [0.25, 0.3) is 0 Å². The third-order valence-corrected chi connectivity index (χ3v) is 5.69. The van der Waals surface area contributed by atoms with Crippen LogP contribution in [-0.2, 0) is 11.2 Å². The fourth-order valence-electron chi connectivity index (χ4n) is 4.18. The van der Waals surface area contributed by atoms with E-state index in [4.69, 9.17) is 5.11 Å². The molecule has 1 aromatic carbocycles. The molecule has 2 saturated heterocycles. The van der Waals surface area contributed by atoms with Crippen LogP contribution in [0.25, 0.3) is 0 Å². The fraction of sp³-hybridized carbons (Fsp3) is 0.650. The second kappa shape index (κ2) is 8.13. The molecule has 0 unspecified atom stereocenters. The molecule has 4 nitrogen and oxygen atoms in total. The minimum atomic E-state index is 0.222. The van der Waals surface area contributed by atoms with Gasteiger partial charge in [-0.15, -0.1) is 0 Å². The molecule has 0 atom stereocenters. The molecule has 2 aliphatic heterocycles. The number of hydrogen-bond donors (Lipinski definition) is 1. The smallest absolute Gasteiger partial charge is 0.223 e. The van der Waals surface area contributed by atoms with Crippen LogP contribution in [0.5, 0.6) is 0 Å². The molecule has 0 radical (unpaired) electrons. The van der Waals surface area contributed by atoms with Crippen LogP contribution in [0.15, 0.2) is 30.3 Å². The van der Waals surface area contributed by atoms with Crippen molar-refractivity contribution in [3.63, 3.8) is 0 Å². The van der Waals surface area contributed by atoms with Gasteiger partial charge in [0.1, 0.15) is 0 Å². The highest BCUT2D eigenvalue weighted by atomic mass is 16.3. The highest BCUT2D eigenvalue weighted by Gasteiger charge is 2.44. The number of aliphatic hydroxyl groups excluding tert-OH is 1. The van der Waals surface area contributed by atoms with Crippen LogP contribution in [0, 0.1) is 5.41 Å². The number of carbonyl (C=O) groups excluding carboxylic acids is 1. The van der Waals surface area contributed by atoms with E-state index >= 15 is 0 Å². The van der Waals surface area contributed by atoms with Crippen molar-refractivity contribution in [3.05, 3.63) is 35.9 Å². The number of piperidine rings is 1. The Labute approximate surface area is 145 Å². The summed E-state index contributed by atoms with van der Waals surface area (Å²) >= 11 is 0. The van der Waals surface area contributed by atoms with Crippen LogP contribution in [0.3, 0.4) is 0 Å². The Bertz CT molecular complexity index is 524. The van der Waals surface area contributed by atoms with E-state index in [9.17, 15) is 4.79 Å². The van der Waals surface area contributed by atoms with Crippen molar-refractivity contribution in [2.45, 2.75) is 38.5 Å². The zero-order valence-corrected chi connectivity index (χ0v) is 14.6. The first-order valence-electron chi connectivity index (χ1n) is 9.36. The molecule has 0 bridgehead atoms. The minimum Gasteiger partial charge on any atom is -0.396 e. The van der Waals surface area contributed by atoms with Gasteiger partial charge in [-0.2, -0.15) is 0 Å². The van der Waals surface area contributed by atoms with Gasteiger partial charge in [-0.05, 0) is 56.2 Å². The normalized spacial score (nSPS) is 20.9. The number of amides is 1. The van der Waals surface area contributed by atoms with Gasteiger partial charge in [0.15, 0.2) is 0 Å². The maximum atomic E-state index is 12.4. The predicted molar refractivity (Wildman–Crippen MR) is 95.8 cm³/mol. The van der Waals surface area contributed by atoms with Crippen LogP contribution < -0.4 is 0 Å². The summed E-state index contributed by atoms with van der Waals surface area (Å²) in [6.07, 6.45) is 5.95. The van der Waals surface area contributed by atoms with E-state index in [1.807, 2.05) is 6.07 Å². The van der Waals surface area contributed by atoms with Gasteiger partial charge in [0.2, 0.25) is 5.91 Å². The van der Waals surface area contributed by atoms with E-state index in [1.54, 1.807) is 0 Å². The Morgan fingerprint density at radius 3 is 2.50 bits per heavy atom. The van der Waals surface area contributed by atoms with E-state index in [2.05, 4.69) is 34.1 Å². The average Bonchev–Trinajstić information content (AvgIpc) is 2.91. The highest BCUT2D eigenvalue weighted by molar-refractivity contribution is 5.79. The summed E-state index contributed by atoms with van der Waals surface area (Å²) in [5, 5.41) is 8.96. The first kappa shape index (κ1) is 17.4. The van der Waals surface area contributed by atoms with Crippen molar-refractivity contribution < 1.29 is 9.90 Å². The van der Waals surface area contributed by atoms with Gasteiger partial charge >= 0.3 is 0 Å². The van der Waals surface area contributed by atoms with Crippen molar-refractivity contribution in [1.82, 2.24) is 9.80 Å². The van der Waals surface area contributed by atoms with Crippen LogP contribution in [-0.4, -0.2) is 60.1 Å². The van der Waals surface area contributed by atoms with E-state index in [0.29, 0.717) is 5.91 Å². The van der Waals surface area contributed by atoms with Crippen LogP contribution in [0.2, 0.25) is 0 Å². The van der Waals surface area contributed by atoms with E-state index in [1.165, 1.54) is 5.56 Å². The lowest BCUT2D eigenvalue weighted by molar-refractivity contribution is -0.127. The molecule has 0 saturated carbocycles. The molecule has 1 amide bonds.